The molecule has 0 aromatic rings. The Hall–Kier alpha value is -1.16. The molecule has 0 amide bonds. The van der Waals surface area contributed by atoms with Crippen LogP contribution >= 0.6 is 0 Å². The Morgan fingerprint density at radius 1 is 1.50 bits per heavy atom. The zero-order chi connectivity index (χ0) is 10.2. The number of piperidine rings is 1. The summed E-state index contributed by atoms with van der Waals surface area (Å²) in [6, 6.07) is 0. The highest BCUT2D eigenvalue weighted by atomic mass is 15.2. The SMILES string of the molecule is C=C(N=NC)N/C=C/C1CCNCC1. The van der Waals surface area contributed by atoms with Gasteiger partial charge in [-0.25, -0.2) is 0 Å². The Kier molecular flexibility index (Phi) is 4.93. The summed E-state index contributed by atoms with van der Waals surface area (Å²) in [4.78, 5) is 0. The lowest BCUT2D eigenvalue weighted by Gasteiger charge is -2.19. The molecule has 0 spiro atoms. The van der Waals surface area contributed by atoms with E-state index in [-0.39, 0.29) is 0 Å². The van der Waals surface area contributed by atoms with Gasteiger partial charge in [0.1, 0.15) is 5.82 Å². The van der Waals surface area contributed by atoms with Crippen molar-refractivity contribution in [2.24, 2.45) is 16.1 Å². The van der Waals surface area contributed by atoms with Crippen LogP contribution in [0.2, 0.25) is 0 Å². The highest BCUT2D eigenvalue weighted by Crippen LogP contribution is 2.12. The number of rotatable bonds is 4. The van der Waals surface area contributed by atoms with E-state index in [0.29, 0.717) is 11.7 Å². The normalized spacial score (nSPS) is 19.2. The first-order valence-corrected chi connectivity index (χ1v) is 4.95. The number of hydrogen-bond acceptors (Lipinski definition) is 4. The van der Waals surface area contributed by atoms with Crippen molar-refractivity contribution in [3.05, 3.63) is 24.7 Å². The summed E-state index contributed by atoms with van der Waals surface area (Å²) in [5, 5.41) is 13.7. The van der Waals surface area contributed by atoms with E-state index in [1.54, 1.807) is 7.05 Å². The minimum atomic E-state index is 0.581. The van der Waals surface area contributed by atoms with Gasteiger partial charge in [-0.15, -0.1) is 5.11 Å². The van der Waals surface area contributed by atoms with Crippen LogP contribution in [0.1, 0.15) is 12.8 Å². The van der Waals surface area contributed by atoms with Gasteiger partial charge in [0, 0.05) is 7.05 Å². The summed E-state index contributed by atoms with van der Waals surface area (Å²) >= 11 is 0. The Balaban J connectivity index is 2.21. The predicted molar refractivity (Wildman–Crippen MR) is 57.8 cm³/mol. The number of hydrogen-bond donors (Lipinski definition) is 2. The first-order chi connectivity index (χ1) is 6.83. The van der Waals surface area contributed by atoms with Gasteiger partial charge in [-0.3, -0.25) is 0 Å². The molecular weight excluding hydrogens is 176 g/mol. The Labute approximate surface area is 85.2 Å². The van der Waals surface area contributed by atoms with Gasteiger partial charge in [0.25, 0.3) is 0 Å². The molecule has 78 valence electrons. The van der Waals surface area contributed by atoms with Gasteiger partial charge >= 0.3 is 0 Å². The van der Waals surface area contributed by atoms with E-state index in [4.69, 9.17) is 0 Å². The van der Waals surface area contributed by atoms with Crippen LogP contribution in [0.15, 0.2) is 34.9 Å². The molecule has 0 bridgehead atoms. The van der Waals surface area contributed by atoms with Crippen LogP contribution in [0.4, 0.5) is 0 Å². The largest absolute Gasteiger partial charge is 0.346 e. The van der Waals surface area contributed by atoms with Gasteiger partial charge in [-0.2, -0.15) is 5.11 Å². The maximum atomic E-state index is 3.76. The first kappa shape index (κ1) is 10.9. The van der Waals surface area contributed by atoms with Crippen molar-refractivity contribution < 1.29 is 0 Å². The first-order valence-electron chi connectivity index (χ1n) is 4.95. The molecule has 14 heavy (non-hydrogen) atoms. The van der Waals surface area contributed by atoms with Crippen LogP contribution < -0.4 is 10.6 Å². The van der Waals surface area contributed by atoms with Crippen molar-refractivity contribution in [1.82, 2.24) is 10.6 Å². The van der Waals surface area contributed by atoms with Gasteiger partial charge in [0.05, 0.1) is 0 Å². The standard InChI is InChI=1S/C10H18N4/c1-9(14-11-2)13-8-5-10-3-6-12-7-4-10/h5,8,10,12-13H,1,3-4,6-7H2,2H3/b8-5+,14-11?. The van der Waals surface area contributed by atoms with E-state index >= 15 is 0 Å². The molecule has 0 saturated carbocycles. The molecule has 4 heteroatoms. The zero-order valence-electron chi connectivity index (χ0n) is 8.66. The molecule has 1 aliphatic heterocycles. The minimum absolute atomic E-state index is 0.581. The molecular formula is C10H18N4. The van der Waals surface area contributed by atoms with Crippen LogP contribution in [0, 0.1) is 5.92 Å². The number of allylic oxidation sites excluding steroid dienone is 1. The van der Waals surface area contributed by atoms with E-state index in [1.165, 1.54) is 12.8 Å². The Morgan fingerprint density at radius 2 is 2.21 bits per heavy atom. The monoisotopic (exact) mass is 194 g/mol. The second-order valence-electron chi connectivity index (χ2n) is 3.34. The third-order valence-corrected chi connectivity index (χ3v) is 2.22. The van der Waals surface area contributed by atoms with E-state index in [9.17, 15) is 0 Å². The maximum absolute atomic E-state index is 3.76. The van der Waals surface area contributed by atoms with Gasteiger partial charge in [-0.1, -0.05) is 12.7 Å². The van der Waals surface area contributed by atoms with Crippen LogP contribution in [-0.4, -0.2) is 20.1 Å². The average molecular weight is 194 g/mol. The van der Waals surface area contributed by atoms with Crippen LogP contribution in [0.3, 0.4) is 0 Å². The van der Waals surface area contributed by atoms with Gasteiger partial charge < -0.3 is 10.6 Å². The lowest BCUT2D eigenvalue weighted by molar-refractivity contribution is 0.436. The van der Waals surface area contributed by atoms with Gasteiger partial charge in [-0.05, 0) is 38.0 Å². The Morgan fingerprint density at radius 3 is 2.86 bits per heavy atom. The Bertz CT molecular complexity index is 226. The quantitative estimate of drug-likeness (QED) is 0.668. The van der Waals surface area contributed by atoms with Crippen LogP contribution in [0.5, 0.6) is 0 Å². The molecule has 0 radical (unpaired) electrons. The molecule has 4 nitrogen and oxygen atoms in total. The topological polar surface area (TPSA) is 48.8 Å². The molecule has 1 fully saturated rings. The molecule has 0 aliphatic carbocycles. The van der Waals surface area contributed by atoms with E-state index in [1.807, 2.05) is 6.20 Å². The summed E-state index contributed by atoms with van der Waals surface area (Å²) in [6.07, 6.45) is 6.50. The molecule has 1 heterocycles. The van der Waals surface area contributed by atoms with Crippen molar-refractivity contribution in [2.45, 2.75) is 12.8 Å². The molecule has 0 aromatic heterocycles. The molecule has 1 rings (SSSR count). The fraction of sp³-hybridized carbons (Fsp3) is 0.600. The van der Waals surface area contributed by atoms with Crippen molar-refractivity contribution in [1.29, 1.82) is 0 Å². The smallest absolute Gasteiger partial charge is 0.144 e. The van der Waals surface area contributed by atoms with Crippen molar-refractivity contribution in [3.8, 4) is 0 Å². The number of nitrogens with zero attached hydrogens (tertiary/aromatic N) is 2. The molecule has 0 aromatic carbocycles. The van der Waals surface area contributed by atoms with Gasteiger partial charge in [0.2, 0.25) is 0 Å². The summed E-state index contributed by atoms with van der Waals surface area (Å²) < 4.78 is 0. The summed E-state index contributed by atoms with van der Waals surface area (Å²) in [7, 11) is 1.63. The minimum Gasteiger partial charge on any atom is -0.346 e. The van der Waals surface area contributed by atoms with Gasteiger partial charge in [0.15, 0.2) is 0 Å². The second kappa shape index (κ2) is 6.32. The highest BCUT2D eigenvalue weighted by Gasteiger charge is 2.08. The predicted octanol–water partition coefficient (Wildman–Crippen LogP) is 1.64. The number of azo groups is 1. The van der Waals surface area contributed by atoms with E-state index in [2.05, 4.69) is 33.5 Å². The molecule has 2 N–H and O–H groups in total. The van der Waals surface area contributed by atoms with Crippen LogP contribution in [0.25, 0.3) is 0 Å². The summed E-state index contributed by atoms with van der Waals surface area (Å²) in [5.74, 6) is 1.26. The highest BCUT2D eigenvalue weighted by molar-refractivity contribution is 4.97. The molecule has 1 saturated heterocycles. The van der Waals surface area contributed by atoms with E-state index in [0.717, 1.165) is 13.1 Å². The van der Waals surface area contributed by atoms with Crippen molar-refractivity contribution in [2.75, 3.05) is 20.1 Å². The third kappa shape index (κ3) is 4.18. The second-order valence-corrected chi connectivity index (χ2v) is 3.34. The van der Waals surface area contributed by atoms with E-state index < -0.39 is 0 Å². The molecule has 0 unspecified atom stereocenters. The summed E-state index contributed by atoms with van der Waals surface area (Å²) in [5.41, 5.74) is 0. The maximum Gasteiger partial charge on any atom is 0.144 e. The number of nitrogens with one attached hydrogen (secondary N) is 2. The fourth-order valence-corrected chi connectivity index (χ4v) is 1.47. The van der Waals surface area contributed by atoms with Crippen LogP contribution in [-0.2, 0) is 0 Å². The van der Waals surface area contributed by atoms with Crippen molar-refractivity contribution in [3.63, 3.8) is 0 Å². The van der Waals surface area contributed by atoms with Crippen molar-refractivity contribution >= 4 is 0 Å². The molecule has 1 aliphatic rings. The lowest BCUT2D eigenvalue weighted by atomic mass is 9.98. The molecule has 0 atom stereocenters. The lowest BCUT2D eigenvalue weighted by Crippen LogP contribution is -2.26. The summed E-state index contributed by atoms with van der Waals surface area (Å²) in [6.45, 7) is 5.92. The zero-order valence-corrected chi connectivity index (χ0v) is 8.66. The fourth-order valence-electron chi connectivity index (χ4n) is 1.47. The average Bonchev–Trinajstić information content (AvgIpc) is 2.20. The third-order valence-electron chi connectivity index (χ3n) is 2.22.